The molecular weight excluding hydrogens is 151 g/mol. The molecule has 0 spiro atoms. The van der Waals surface area contributed by atoms with Gasteiger partial charge in [-0.15, -0.1) is 0 Å². The van der Waals surface area contributed by atoms with Gasteiger partial charge in [0.15, 0.2) is 0 Å². The van der Waals surface area contributed by atoms with E-state index in [0.717, 1.165) is 0 Å². The topological polar surface area (TPSA) is 43.4 Å². The standard InChI is InChI=1S/C6H9O3P/c1-6(2,3)9-5(7)4-10-8/h1-3H3. The molecule has 0 saturated carbocycles. The number of ether oxygens (including phenoxy) is 1. The zero-order valence-electron chi connectivity index (χ0n) is 6.17. The Labute approximate surface area is 60.9 Å². The summed E-state index contributed by atoms with van der Waals surface area (Å²) in [5.41, 5.74) is 1.42. The quantitative estimate of drug-likeness (QED) is 0.399. The number of carbonyl (C=O) groups is 1. The van der Waals surface area contributed by atoms with Crippen LogP contribution in [-0.2, 0) is 14.1 Å². The van der Waals surface area contributed by atoms with Crippen molar-refractivity contribution in [2.45, 2.75) is 26.4 Å². The average molecular weight is 160 g/mol. The van der Waals surface area contributed by atoms with E-state index in [9.17, 15) is 9.36 Å². The van der Waals surface area contributed by atoms with Crippen LogP contribution < -0.4 is 0 Å². The van der Waals surface area contributed by atoms with Crippen molar-refractivity contribution >= 4 is 13.9 Å². The van der Waals surface area contributed by atoms with Gasteiger partial charge < -0.3 is 0 Å². The van der Waals surface area contributed by atoms with Crippen molar-refractivity contribution in [1.82, 2.24) is 0 Å². The van der Waals surface area contributed by atoms with Gasteiger partial charge in [0.05, 0.1) is 0 Å². The van der Waals surface area contributed by atoms with Crippen LogP contribution in [0, 0.1) is 5.63 Å². The van der Waals surface area contributed by atoms with Crippen LogP contribution in [0.4, 0.5) is 0 Å². The number of esters is 1. The van der Waals surface area contributed by atoms with E-state index in [1.165, 1.54) is 0 Å². The predicted octanol–water partition coefficient (Wildman–Crippen LogP) is 1.58. The maximum atomic E-state index is 10.5. The summed E-state index contributed by atoms with van der Waals surface area (Å²) in [7, 11) is -0.437. The first-order chi connectivity index (χ1) is 4.45. The molecule has 0 saturated heterocycles. The zero-order chi connectivity index (χ0) is 8.20. The van der Waals surface area contributed by atoms with E-state index in [2.05, 4.69) is 0 Å². The van der Waals surface area contributed by atoms with Crippen LogP contribution in [0.1, 0.15) is 20.8 Å². The molecule has 0 aromatic carbocycles. The molecule has 10 heavy (non-hydrogen) atoms. The van der Waals surface area contributed by atoms with Crippen LogP contribution in [0.3, 0.4) is 0 Å². The van der Waals surface area contributed by atoms with Gasteiger partial charge in [-0.1, -0.05) is 0 Å². The zero-order valence-corrected chi connectivity index (χ0v) is 7.07. The molecule has 3 nitrogen and oxygen atoms in total. The summed E-state index contributed by atoms with van der Waals surface area (Å²) in [4.78, 5) is 10.5. The van der Waals surface area contributed by atoms with Gasteiger partial charge in [-0.05, 0) is 0 Å². The van der Waals surface area contributed by atoms with Crippen LogP contribution in [0.5, 0.6) is 0 Å². The van der Waals surface area contributed by atoms with E-state index in [4.69, 9.17) is 4.74 Å². The van der Waals surface area contributed by atoms with Gasteiger partial charge in [-0.3, -0.25) is 0 Å². The summed E-state index contributed by atoms with van der Waals surface area (Å²) in [5, 5.41) is 0. The fourth-order valence-electron chi connectivity index (χ4n) is 0.338. The van der Waals surface area contributed by atoms with Crippen molar-refractivity contribution in [2.75, 3.05) is 0 Å². The Hall–Kier alpha value is -0.520. The van der Waals surface area contributed by atoms with Gasteiger partial charge in [-0.2, -0.15) is 0 Å². The molecule has 0 bridgehead atoms. The second-order valence-corrected chi connectivity index (χ2v) is 3.11. The number of carbonyl (C=O) groups excluding carboxylic acids is 1. The van der Waals surface area contributed by atoms with Gasteiger partial charge in [-0.25, -0.2) is 0 Å². The Bertz CT molecular complexity index is 219. The fourth-order valence-corrected chi connectivity index (χ4v) is 0.458. The van der Waals surface area contributed by atoms with Gasteiger partial charge in [0.2, 0.25) is 0 Å². The van der Waals surface area contributed by atoms with Crippen molar-refractivity contribution in [3.05, 3.63) is 0 Å². The van der Waals surface area contributed by atoms with Gasteiger partial charge in [0, 0.05) is 0 Å². The maximum absolute atomic E-state index is 10.5. The summed E-state index contributed by atoms with van der Waals surface area (Å²) >= 11 is 0. The molecule has 0 aliphatic carbocycles. The van der Waals surface area contributed by atoms with Gasteiger partial charge in [0.25, 0.3) is 0 Å². The monoisotopic (exact) mass is 160 g/mol. The number of hydrogen-bond donors (Lipinski definition) is 0. The van der Waals surface area contributed by atoms with Crippen LogP contribution in [-0.4, -0.2) is 11.6 Å². The minimum atomic E-state index is -0.677. The first kappa shape index (κ1) is 9.48. The van der Waals surface area contributed by atoms with E-state index in [1.54, 1.807) is 20.8 Å². The summed E-state index contributed by atoms with van der Waals surface area (Å²) in [6.07, 6.45) is 0. The predicted molar refractivity (Wildman–Crippen MR) is 37.3 cm³/mol. The molecule has 0 fully saturated rings. The van der Waals surface area contributed by atoms with Crippen molar-refractivity contribution in [1.29, 1.82) is 0 Å². The van der Waals surface area contributed by atoms with Gasteiger partial charge in [0.1, 0.15) is 0 Å². The van der Waals surface area contributed by atoms with E-state index in [1.807, 2.05) is 5.63 Å². The van der Waals surface area contributed by atoms with E-state index >= 15 is 0 Å². The van der Waals surface area contributed by atoms with Crippen molar-refractivity contribution in [3.63, 3.8) is 0 Å². The SMILES string of the molecule is CC(C)(C)OC(=O)C#P=O. The molecule has 0 aromatic heterocycles. The van der Waals surface area contributed by atoms with E-state index in [-0.39, 0.29) is 0 Å². The molecule has 4 heteroatoms. The summed E-state index contributed by atoms with van der Waals surface area (Å²) in [6.45, 7) is 5.19. The molecule has 0 atom stereocenters. The Balaban J connectivity index is 4.01. The number of hydrogen-bond acceptors (Lipinski definition) is 3. The van der Waals surface area contributed by atoms with E-state index < -0.39 is 19.5 Å². The van der Waals surface area contributed by atoms with Crippen LogP contribution in [0.15, 0.2) is 0 Å². The van der Waals surface area contributed by atoms with Crippen LogP contribution in [0.25, 0.3) is 0 Å². The molecule has 0 aliphatic heterocycles. The molecule has 0 amide bonds. The minimum absolute atomic E-state index is 0.437. The molecule has 0 N–H and O–H groups in total. The Kier molecular flexibility index (Phi) is 3.41. The second kappa shape index (κ2) is 3.60. The normalized spacial score (nSPS) is 9.90. The summed E-state index contributed by atoms with van der Waals surface area (Å²) in [5.74, 6) is -0.677. The van der Waals surface area contributed by atoms with Crippen LogP contribution in [0.2, 0.25) is 0 Å². The molecular formula is C6H9O3P. The second-order valence-electron chi connectivity index (χ2n) is 2.70. The molecule has 0 aliphatic rings. The molecule has 0 radical (unpaired) electrons. The van der Waals surface area contributed by atoms with Crippen LogP contribution >= 0.6 is 7.92 Å². The Morgan fingerprint density at radius 2 is 2.00 bits per heavy atom. The third kappa shape index (κ3) is 5.61. The number of rotatable bonds is 0. The summed E-state index contributed by atoms with van der Waals surface area (Å²) in [6, 6.07) is 0. The molecule has 0 unspecified atom stereocenters. The summed E-state index contributed by atoms with van der Waals surface area (Å²) < 4.78 is 14.5. The average Bonchev–Trinajstić information content (AvgIpc) is 1.59. The molecule has 0 rings (SSSR count). The van der Waals surface area contributed by atoms with Crippen molar-refractivity contribution in [2.24, 2.45) is 0 Å². The van der Waals surface area contributed by atoms with E-state index in [0.29, 0.717) is 0 Å². The molecule has 56 valence electrons. The third-order valence-corrected chi connectivity index (χ3v) is 0.810. The van der Waals surface area contributed by atoms with Crippen molar-refractivity contribution < 1.29 is 14.1 Å². The third-order valence-electron chi connectivity index (χ3n) is 0.536. The van der Waals surface area contributed by atoms with Gasteiger partial charge >= 0.3 is 60.0 Å². The Morgan fingerprint density at radius 1 is 1.50 bits per heavy atom. The first-order valence-electron chi connectivity index (χ1n) is 2.77. The molecule has 0 aromatic rings. The molecule has 0 heterocycles. The fraction of sp³-hybridized carbons (Fsp3) is 0.667. The first-order valence-corrected chi connectivity index (χ1v) is 3.58. The van der Waals surface area contributed by atoms with Crippen molar-refractivity contribution in [3.8, 4) is 5.63 Å². The Morgan fingerprint density at radius 3 is 2.30 bits per heavy atom.